The van der Waals surface area contributed by atoms with E-state index in [1.54, 1.807) is 0 Å². The van der Waals surface area contributed by atoms with E-state index >= 15 is 0 Å². The first-order valence-corrected chi connectivity index (χ1v) is 9.49. The minimum atomic E-state index is -2.05. The van der Waals surface area contributed by atoms with Crippen LogP contribution in [0, 0.1) is 5.92 Å². The Morgan fingerprint density at radius 1 is 0.806 bits per heavy atom. The van der Waals surface area contributed by atoms with Crippen LogP contribution in [0.5, 0.6) is 0 Å². The Balaban J connectivity index is 6.24. The molecule has 0 bridgehead atoms. The molecule has 0 radical (unpaired) electrons. The van der Waals surface area contributed by atoms with Gasteiger partial charge in [0.05, 0.1) is 13.1 Å². The molecule has 166 valence electrons. The summed E-state index contributed by atoms with van der Waals surface area (Å²) in [5.41, 5.74) is -3.55. The van der Waals surface area contributed by atoms with Gasteiger partial charge in [-0.25, -0.2) is 38.8 Å². The van der Waals surface area contributed by atoms with Crippen molar-refractivity contribution in [1.82, 2.24) is 0 Å². The summed E-state index contributed by atoms with van der Waals surface area (Å²) in [6.07, 6.45) is 7.65. The van der Waals surface area contributed by atoms with Crippen molar-refractivity contribution in [3.8, 4) is 0 Å². The largest absolute Gasteiger partial charge is 0.479 e. The molecule has 1 N–H and O–H groups in total. The number of isocyanates is 5. The van der Waals surface area contributed by atoms with Gasteiger partial charge in [0.15, 0.2) is 11.2 Å². The topological polar surface area (TPSA) is 184 Å². The molecule has 12 heteroatoms. The van der Waals surface area contributed by atoms with Crippen LogP contribution in [-0.2, 0) is 28.8 Å². The predicted octanol–water partition coefficient (Wildman–Crippen LogP) is 1.55. The van der Waals surface area contributed by atoms with Gasteiger partial charge in [0, 0.05) is 6.42 Å². The van der Waals surface area contributed by atoms with Crippen LogP contribution in [0.3, 0.4) is 0 Å². The summed E-state index contributed by atoms with van der Waals surface area (Å²) in [6.45, 7) is 1.47. The highest BCUT2D eigenvalue weighted by atomic mass is 16.4. The van der Waals surface area contributed by atoms with Crippen molar-refractivity contribution < 1.29 is 33.9 Å². The third kappa shape index (κ3) is 8.72. The maximum atomic E-state index is 12.1. The summed E-state index contributed by atoms with van der Waals surface area (Å²) in [5, 5.41) is 9.87. The summed E-state index contributed by atoms with van der Waals surface area (Å²) in [7, 11) is 0. The fourth-order valence-corrected chi connectivity index (χ4v) is 3.33. The van der Waals surface area contributed by atoms with Crippen LogP contribution < -0.4 is 0 Å². The highest BCUT2D eigenvalue weighted by Crippen LogP contribution is 2.37. The number of carboxylic acids is 1. The molecule has 0 aromatic heterocycles. The molecule has 0 aliphatic carbocycles. The molecule has 0 aliphatic heterocycles. The van der Waals surface area contributed by atoms with Crippen LogP contribution in [0.15, 0.2) is 25.0 Å². The van der Waals surface area contributed by atoms with Crippen LogP contribution in [0.4, 0.5) is 0 Å². The molecule has 12 nitrogen and oxygen atoms in total. The number of unbranched alkanes of at least 4 members (excludes halogenated alkanes) is 1. The van der Waals surface area contributed by atoms with Crippen LogP contribution >= 0.6 is 0 Å². The van der Waals surface area contributed by atoms with Gasteiger partial charge >= 0.3 is 5.97 Å². The molecule has 2 atom stereocenters. The zero-order valence-corrected chi connectivity index (χ0v) is 17.1. The third-order valence-corrected chi connectivity index (χ3v) is 4.95. The predicted molar refractivity (Wildman–Crippen MR) is 105 cm³/mol. The number of nitrogens with zero attached hydrogens (tertiary/aromatic N) is 5. The summed E-state index contributed by atoms with van der Waals surface area (Å²) < 4.78 is 0. The lowest BCUT2D eigenvalue weighted by Gasteiger charge is -2.33. The molecule has 0 heterocycles. The molecule has 0 aliphatic rings. The first kappa shape index (κ1) is 27.4. The molecular formula is C19H23N5O7. The second-order valence-electron chi connectivity index (χ2n) is 6.64. The molecule has 31 heavy (non-hydrogen) atoms. The third-order valence-electron chi connectivity index (χ3n) is 4.95. The van der Waals surface area contributed by atoms with Gasteiger partial charge < -0.3 is 5.11 Å². The average Bonchev–Trinajstić information content (AvgIpc) is 2.74. The Kier molecular flexibility index (Phi) is 13.5. The molecule has 2 unspecified atom stereocenters. The number of carbonyl (C=O) groups is 1. The fraction of sp³-hybridized carbons (Fsp3) is 0.684. The Morgan fingerprint density at radius 2 is 1.39 bits per heavy atom. The van der Waals surface area contributed by atoms with Crippen molar-refractivity contribution in [3.05, 3.63) is 0 Å². The molecule has 0 aromatic rings. The number of rotatable bonds is 17. The smallest absolute Gasteiger partial charge is 0.332 e. The number of aliphatic carboxylic acids is 1. The number of hydrogen-bond acceptors (Lipinski definition) is 11. The first-order valence-electron chi connectivity index (χ1n) is 9.49. The maximum absolute atomic E-state index is 12.1. The normalized spacial score (nSPS) is 14.5. The molecule has 0 aromatic carbocycles. The number of carboxylic acid groups (broad SMARTS) is 1. The highest BCUT2D eigenvalue weighted by molar-refractivity contribution is 5.80. The Hall–Kier alpha value is -3.63. The van der Waals surface area contributed by atoms with Crippen LogP contribution in [0.25, 0.3) is 0 Å². The lowest BCUT2D eigenvalue weighted by Crippen LogP contribution is -2.46. The van der Waals surface area contributed by atoms with Gasteiger partial charge in [-0.1, -0.05) is 13.3 Å². The highest BCUT2D eigenvalue weighted by Gasteiger charge is 2.46. The summed E-state index contributed by atoms with van der Waals surface area (Å²) in [4.78, 5) is 83.5. The Morgan fingerprint density at radius 3 is 1.87 bits per heavy atom. The van der Waals surface area contributed by atoms with Crippen molar-refractivity contribution in [3.63, 3.8) is 0 Å². The molecule has 0 fully saturated rings. The zero-order chi connectivity index (χ0) is 23.6. The minimum Gasteiger partial charge on any atom is -0.479 e. The van der Waals surface area contributed by atoms with E-state index in [-0.39, 0.29) is 45.2 Å². The quantitative estimate of drug-likeness (QED) is 0.266. The maximum Gasteiger partial charge on any atom is 0.332 e. The van der Waals surface area contributed by atoms with Crippen molar-refractivity contribution in [1.29, 1.82) is 0 Å². The van der Waals surface area contributed by atoms with Crippen LogP contribution in [0.1, 0.15) is 51.9 Å². The summed E-state index contributed by atoms with van der Waals surface area (Å²) >= 11 is 0. The monoisotopic (exact) mass is 433 g/mol. The van der Waals surface area contributed by atoms with E-state index in [1.165, 1.54) is 30.4 Å². The fourth-order valence-electron chi connectivity index (χ4n) is 3.33. The van der Waals surface area contributed by atoms with Crippen LogP contribution in [-0.4, -0.2) is 65.8 Å². The van der Waals surface area contributed by atoms with E-state index in [0.29, 0.717) is 12.8 Å². The summed E-state index contributed by atoms with van der Waals surface area (Å²) in [5.74, 6) is -2.41. The second kappa shape index (κ2) is 15.2. The van der Waals surface area contributed by atoms with Gasteiger partial charge in [-0.15, -0.1) is 0 Å². The standard InChI is InChI=1S/C19H23N5O7/c1-2-3-6-18(22-13-27,23-14-28)7-4-16(5-9-20-11-25)19(17(30)31,24-15-29)8-10-21-12-26/h16H,2-10H2,1H3,(H,30,31). The number of carbonyl (C=O) groups excluding carboxylic acids is 5. The van der Waals surface area contributed by atoms with Gasteiger partial charge in [0.2, 0.25) is 30.4 Å². The molecule has 0 amide bonds. The number of aliphatic imine (C=N–C) groups is 5. The Labute approximate surface area is 178 Å². The molecule has 0 spiro atoms. The van der Waals surface area contributed by atoms with Gasteiger partial charge in [0.25, 0.3) is 0 Å². The molecule has 0 saturated carbocycles. The number of hydrogen-bond donors (Lipinski definition) is 1. The second-order valence-corrected chi connectivity index (χ2v) is 6.64. The lowest BCUT2D eigenvalue weighted by atomic mass is 9.75. The van der Waals surface area contributed by atoms with Gasteiger partial charge in [-0.3, -0.25) is 0 Å². The van der Waals surface area contributed by atoms with Crippen molar-refractivity contribution in [2.75, 3.05) is 13.1 Å². The van der Waals surface area contributed by atoms with Crippen LogP contribution in [0.2, 0.25) is 0 Å². The van der Waals surface area contributed by atoms with E-state index in [1.807, 2.05) is 6.92 Å². The van der Waals surface area contributed by atoms with Crippen molar-refractivity contribution >= 4 is 36.4 Å². The SMILES string of the molecule is CCCCC(CCC(CCN=C=O)C(CCN=C=O)(N=C=O)C(=O)O)(N=C=O)N=C=O. The molecular weight excluding hydrogens is 410 g/mol. The Bertz CT molecular complexity index is 822. The van der Waals surface area contributed by atoms with E-state index in [0.717, 1.165) is 0 Å². The van der Waals surface area contributed by atoms with Crippen molar-refractivity contribution in [2.24, 2.45) is 30.9 Å². The molecule has 0 rings (SSSR count). The van der Waals surface area contributed by atoms with Gasteiger partial charge in [0.1, 0.15) is 0 Å². The molecule has 0 saturated heterocycles. The van der Waals surface area contributed by atoms with E-state index < -0.39 is 23.1 Å². The summed E-state index contributed by atoms with van der Waals surface area (Å²) in [6, 6.07) is 0. The van der Waals surface area contributed by atoms with E-state index in [9.17, 15) is 33.9 Å². The van der Waals surface area contributed by atoms with E-state index in [4.69, 9.17) is 0 Å². The lowest BCUT2D eigenvalue weighted by molar-refractivity contribution is -0.146. The zero-order valence-electron chi connectivity index (χ0n) is 17.1. The minimum absolute atomic E-state index is 0.0169. The van der Waals surface area contributed by atoms with Gasteiger partial charge in [-0.05, 0) is 38.0 Å². The van der Waals surface area contributed by atoms with Crippen molar-refractivity contribution in [2.45, 2.75) is 63.1 Å². The average molecular weight is 433 g/mol. The van der Waals surface area contributed by atoms with Gasteiger partial charge in [-0.2, -0.15) is 15.0 Å². The first-order chi connectivity index (χ1) is 14.9. The van der Waals surface area contributed by atoms with E-state index in [2.05, 4.69) is 25.0 Å².